The number of carbonyl (C=O) groups excluding carboxylic acids is 1. The van der Waals surface area contributed by atoms with Gasteiger partial charge in [0.1, 0.15) is 5.75 Å². The van der Waals surface area contributed by atoms with E-state index >= 15 is 0 Å². The highest BCUT2D eigenvalue weighted by Gasteiger charge is 2.10. The molecule has 0 bridgehead atoms. The normalized spacial score (nSPS) is 11.1. The summed E-state index contributed by atoms with van der Waals surface area (Å²) in [5, 5.41) is 4.14. The maximum Gasteiger partial charge on any atom is 0.275 e. The topological polar surface area (TPSA) is 50.7 Å². The molecule has 1 amide bonds. The molecule has 2 aromatic carbocycles. The third kappa shape index (κ3) is 3.69. The van der Waals surface area contributed by atoms with Crippen molar-refractivity contribution in [3.8, 4) is 5.75 Å². The number of para-hydroxylation sites is 1. The van der Waals surface area contributed by atoms with E-state index in [4.69, 9.17) is 4.74 Å². The van der Waals surface area contributed by atoms with Crippen molar-refractivity contribution in [3.05, 3.63) is 65.2 Å². The molecule has 0 spiro atoms. The molecule has 0 heterocycles. The van der Waals surface area contributed by atoms with Gasteiger partial charge in [0.05, 0.1) is 18.4 Å². The Morgan fingerprint density at radius 2 is 1.76 bits per heavy atom. The highest BCUT2D eigenvalue weighted by atomic mass is 16.5. The van der Waals surface area contributed by atoms with Crippen LogP contribution in [0.5, 0.6) is 5.75 Å². The summed E-state index contributed by atoms with van der Waals surface area (Å²) in [6, 6.07) is 15.0. The van der Waals surface area contributed by atoms with Crippen LogP contribution in [0.15, 0.2) is 53.6 Å². The summed E-state index contributed by atoms with van der Waals surface area (Å²) in [5.74, 6) is 0.233. The van der Waals surface area contributed by atoms with Crippen LogP contribution < -0.4 is 10.2 Å². The number of amides is 1. The number of nitrogens with one attached hydrogen (secondary N) is 1. The largest absolute Gasteiger partial charge is 0.496 e. The maximum absolute atomic E-state index is 12.1. The van der Waals surface area contributed by atoms with E-state index in [9.17, 15) is 4.79 Å². The molecule has 0 saturated heterocycles. The highest BCUT2D eigenvalue weighted by molar-refractivity contribution is 6.01. The third-order valence-corrected chi connectivity index (χ3v) is 3.15. The van der Waals surface area contributed by atoms with E-state index in [1.165, 1.54) is 12.7 Å². The quantitative estimate of drug-likeness (QED) is 0.691. The number of carbonyl (C=O) groups is 1. The van der Waals surface area contributed by atoms with E-state index in [0.29, 0.717) is 11.3 Å². The van der Waals surface area contributed by atoms with E-state index in [0.717, 1.165) is 11.3 Å². The molecule has 4 heteroatoms. The van der Waals surface area contributed by atoms with E-state index in [1.807, 2.05) is 44.2 Å². The minimum Gasteiger partial charge on any atom is -0.496 e. The zero-order valence-corrected chi connectivity index (χ0v) is 12.4. The number of hydrogen-bond donors (Lipinski definition) is 1. The van der Waals surface area contributed by atoms with Crippen LogP contribution in [0, 0.1) is 6.92 Å². The van der Waals surface area contributed by atoms with Crippen LogP contribution in [-0.2, 0) is 0 Å². The van der Waals surface area contributed by atoms with Crippen molar-refractivity contribution in [1.82, 2.24) is 5.43 Å². The monoisotopic (exact) mass is 282 g/mol. The zero-order chi connectivity index (χ0) is 15.2. The smallest absolute Gasteiger partial charge is 0.275 e. The second kappa shape index (κ2) is 6.70. The molecule has 0 radical (unpaired) electrons. The lowest BCUT2D eigenvalue weighted by atomic mass is 10.1. The van der Waals surface area contributed by atoms with Crippen molar-refractivity contribution in [1.29, 1.82) is 0 Å². The second-order valence-corrected chi connectivity index (χ2v) is 4.70. The van der Waals surface area contributed by atoms with Crippen molar-refractivity contribution < 1.29 is 9.53 Å². The van der Waals surface area contributed by atoms with E-state index < -0.39 is 0 Å². The summed E-state index contributed by atoms with van der Waals surface area (Å²) < 4.78 is 5.16. The van der Waals surface area contributed by atoms with Crippen LogP contribution in [0.4, 0.5) is 0 Å². The summed E-state index contributed by atoms with van der Waals surface area (Å²) in [4.78, 5) is 12.1. The minimum absolute atomic E-state index is 0.293. The molecule has 108 valence electrons. The molecule has 0 aliphatic heterocycles. The Kier molecular flexibility index (Phi) is 4.72. The lowest BCUT2D eigenvalue weighted by molar-refractivity contribution is 0.0952. The summed E-state index contributed by atoms with van der Waals surface area (Å²) in [7, 11) is 1.53. The van der Waals surface area contributed by atoms with Crippen LogP contribution in [0.3, 0.4) is 0 Å². The number of rotatable bonds is 4. The van der Waals surface area contributed by atoms with Crippen molar-refractivity contribution >= 4 is 11.6 Å². The van der Waals surface area contributed by atoms with Gasteiger partial charge in [0.15, 0.2) is 0 Å². The first-order chi connectivity index (χ1) is 10.1. The molecule has 0 saturated carbocycles. The van der Waals surface area contributed by atoms with Gasteiger partial charge in [-0.25, -0.2) is 5.43 Å². The fourth-order valence-corrected chi connectivity index (χ4v) is 1.89. The molecule has 0 aliphatic rings. The summed E-state index contributed by atoms with van der Waals surface area (Å²) >= 11 is 0. The SMILES string of the molecule is COc1ccccc1C(=O)N/N=C(/C)c1ccc(C)cc1. The molecule has 2 rings (SSSR count). The van der Waals surface area contributed by atoms with Gasteiger partial charge >= 0.3 is 0 Å². The molecule has 1 N–H and O–H groups in total. The number of nitrogens with zero attached hydrogens (tertiary/aromatic N) is 1. The third-order valence-electron chi connectivity index (χ3n) is 3.15. The minimum atomic E-state index is -0.293. The van der Waals surface area contributed by atoms with Crippen LogP contribution in [0.1, 0.15) is 28.4 Å². The zero-order valence-electron chi connectivity index (χ0n) is 12.4. The Morgan fingerprint density at radius 1 is 1.10 bits per heavy atom. The van der Waals surface area contributed by atoms with Gasteiger partial charge in [0, 0.05) is 0 Å². The standard InChI is InChI=1S/C17H18N2O2/c1-12-8-10-14(11-9-12)13(2)18-19-17(20)15-6-4-5-7-16(15)21-3/h4-11H,1-3H3,(H,19,20)/b18-13-. The molecule has 0 fully saturated rings. The predicted octanol–water partition coefficient (Wildman–Crippen LogP) is 3.16. The van der Waals surface area contributed by atoms with Crippen molar-refractivity contribution in [3.63, 3.8) is 0 Å². The van der Waals surface area contributed by atoms with E-state index in [-0.39, 0.29) is 5.91 Å². The molecule has 21 heavy (non-hydrogen) atoms. The van der Waals surface area contributed by atoms with Crippen molar-refractivity contribution in [2.45, 2.75) is 13.8 Å². The van der Waals surface area contributed by atoms with E-state index in [1.54, 1.807) is 18.2 Å². The Balaban J connectivity index is 2.12. The molecule has 0 atom stereocenters. The average Bonchev–Trinajstić information content (AvgIpc) is 2.52. The van der Waals surface area contributed by atoms with Gasteiger partial charge in [0.25, 0.3) is 5.91 Å². The predicted molar refractivity (Wildman–Crippen MR) is 83.9 cm³/mol. The lowest BCUT2D eigenvalue weighted by Gasteiger charge is -2.07. The first-order valence-corrected chi connectivity index (χ1v) is 6.66. The Bertz CT molecular complexity index is 661. The summed E-state index contributed by atoms with van der Waals surface area (Å²) in [5.41, 5.74) is 5.92. The molecule has 0 aromatic heterocycles. The molecular formula is C17H18N2O2. The van der Waals surface area contributed by atoms with Crippen LogP contribution in [-0.4, -0.2) is 18.7 Å². The van der Waals surface area contributed by atoms with Gasteiger partial charge in [-0.05, 0) is 31.5 Å². The van der Waals surface area contributed by atoms with Crippen LogP contribution >= 0.6 is 0 Å². The molecule has 4 nitrogen and oxygen atoms in total. The van der Waals surface area contributed by atoms with Gasteiger partial charge in [0.2, 0.25) is 0 Å². The summed E-state index contributed by atoms with van der Waals surface area (Å²) in [6.07, 6.45) is 0. The Hall–Kier alpha value is -2.62. The van der Waals surface area contributed by atoms with Crippen molar-refractivity contribution in [2.75, 3.05) is 7.11 Å². The molecular weight excluding hydrogens is 264 g/mol. The number of methoxy groups -OCH3 is 1. The second-order valence-electron chi connectivity index (χ2n) is 4.70. The molecule has 0 aliphatic carbocycles. The molecule has 0 unspecified atom stereocenters. The number of hydrazone groups is 1. The fourth-order valence-electron chi connectivity index (χ4n) is 1.89. The number of aryl methyl sites for hydroxylation is 1. The fraction of sp³-hybridized carbons (Fsp3) is 0.176. The Morgan fingerprint density at radius 3 is 2.43 bits per heavy atom. The summed E-state index contributed by atoms with van der Waals surface area (Å²) in [6.45, 7) is 3.88. The van der Waals surface area contributed by atoms with Gasteiger partial charge in [-0.2, -0.15) is 5.10 Å². The van der Waals surface area contributed by atoms with Crippen molar-refractivity contribution in [2.24, 2.45) is 5.10 Å². The maximum atomic E-state index is 12.1. The number of benzene rings is 2. The highest BCUT2D eigenvalue weighted by Crippen LogP contribution is 2.16. The van der Waals surface area contributed by atoms with Gasteiger partial charge in [-0.15, -0.1) is 0 Å². The number of hydrogen-bond acceptors (Lipinski definition) is 3. The van der Waals surface area contributed by atoms with E-state index in [2.05, 4.69) is 10.5 Å². The molecule has 2 aromatic rings. The van der Waals surface area contributed by atoms with Crippen LogP contribution in [0.25, 0.3) is 0 Å². The van der Waals surface area contributed by atoms with Crippen LogP contribution in [0.2, 0.25) is 0 Å². The first-order valence-electron chi connectivity index (χ1n) is 6.66. The first kappa shape index (κ1) is 14.8. The van der Waals surface area contributed by atoms with Gasteiger partial charge in [-0.3, -0.25) is 4.79 Å². The van der Waals surface area contributed by atoms with Gasteiger partial charge < -0.3 is 4.74 Å². The Labute approximate surface area is 124 Å². The average molecular weight is 282 g/mol. The van der Waals surface area contributed by atoms with Gasteiger partial charge in [-0.1, -0.05) is 42.0 Å². The lowest BCUT2D eigenvalue weighted by Crippen LogP contribution is -2.20. The number of ether oxygens (including phenoxy) is 1.